The molecule has 0 spiro atoms. The van der Waals surface area contributed by atoms with Gasteiger partial charge in [-0.15, -0.1) is 0 Å². The van der Waals surface area contributed by atoms with Gasteiger partial charge in [0.15, 0.2) is 0 Å². The maximum Gasteiger partial charge on any atom is 0.229 e. The molecule has 0 aliphatic heterocycles. The topological polar surface area (TPSA) is 108 Å². The predicted molar refractivity (Wildman–Crippen MR) is 141 cm³/mol. The highest BCUT2D eigenvalue weighted by molar-refractivity contribution is 7.70. The van der Waals surface area contributed by atoms with Crippen LogP contribution in [0.4, 0.5) is 34.5 Å². The molecule has 0 fully saturated rings. The second kappa shape index (κ2) is 10.7. The lowest BCUT2D eigenvalue weighted by Gasteiger charge is -2.16. The van der Waals surface area contributed by atoms with Crippen molar-refractivity contribution in [2.24, 2.45) is 0 Å². The van der Waals surface area contributed by atoms with Gasteiger partial charge in [0.25, 0.3) is 0 Å². The quantitative estimate of drug-likeness (QED) is 0.197. The molecule has 9 heteroatoms. The number of nitrogen functional groups attached to an aromatic ring is 1. The summed E-state index contributed by atoms with van der Waals surface area (Å²) < 4.78 is 12.7. The van der Waals surface area contributed by atoms with Crippen LogP contribution in [0, 0.1) is 6.92 Å². The first-order valence-electron chi connectivity index (χ1n) is 10.9. The Morgan fingerprint density at radius 1 is 1.06 bits per heavy atom. The van der Waals surface area contributed by atoms with E-state index in [1.807, 2.05) is 49.4 Å². The van der Waals surface area contributed by atoms with E-state index in [4.69, 9.17) is 5.73 Å². The minimum atomic E-state index is -2.44. The summed E-state index contributed by atoms with van der Waals surface area (Å²) in [6.45, 7) is 7.33. The number of aromatic nitrogens is 2. The van der Waals surface area contributed by atoms with Gasteiger partial charge in [0.2, 0.25) is 5.95 Å². The molecule has 0 aliphatic carbocycles. The summed E-state index contributed by atoms with van der Waals surface area (Å²) in [5.74, 6) is 1.10. The lowest BCUT2D eigenvalue weighted by molar-refractivity contribution is 0.405. The van der Waals surface area contributed by atoms with Gasteiger partial charge in [-0.1, -0.05) is 12.1 Å². The fourth-order valence-electron chi connectivity index (χ4n) is 3.35. The van der Waals surface area contributed by atoms with Gasteiger partial charge in [0.1, 0.15) is 13.0 Å². The first-order valence-corrected chi connectivity index (χ1v) is 13.5. The average Bonchev–Trinajstić information content (AvgIpc) is 2.74. The summed E-state index contributed by atoms with van der Waals surface area (Å²) in [6.07, 6.45) is 2.79. The molecule has 0 radical (unpaired) electrons. The Balaban J connectivity index is 1.73. The monoisotopic (exact) mass is 467 g/mol. The summed E-state index contributed by atoms with van der Waals surface area (Å²) in [5, 5.41) is 10.7. The first kappa shape index (κ1) is 24.6. The summed E-state index contributed by atoms with van der Waals surface area (Å²) in [5.41, 5.74) is 10.3. The third-order valence-electron chi connectivity index (χ3n) is 5.11. The van der Waals surface area contributed by atoms with Crippen LogP contribution in [-0.2, 0) is 4.57 Å². The summed E-state index contributed by atoms with van der Waals surface area (Å²) in [7, 11) is 1.68. The SMILES string of the molecule is Cc1cnc(Nc2ccc(NCCCN(C)C)c(N)c2)nc1Nc1ccccc1P(C)(C)=O. The zero-order valence-electron chi connectivity index (χ0n) is 20.0. The van der Waals surface area contributed by atoms with E-state index < -0.39 is 7.14 Å². The van der Waals surface area contributed by atoms with Crippen LogP contribution in [0.3, 0.4) is 0 Å². The molecule has 1 aromatic heterocycles. The largest absolute Gasteiger partial charge is 0.397 e. The molecule has 0 saturated carbocycles. The molecule has 1 heterocycles. The third-order valence-corrected chi connectivity index (χ3v) is 6.66. The Hall–Kier alpha value is -3.09. The zero-order chi connectivity index (χ0) is 24.0. The number of para-hydroxylation sites is 1. The number of benzene rings is 2. The van der Waals surface area contributed by atoms with Crippen LogP contribution >= 0.6 is 7.14 Å². The standard InChI is InChI=1S/C24H34N7OP/c1-17-16-27-24(30-23(17)29-21-9-6-7-10-22(21)33(4,5)32)28-18-11-12-20(19(25)15-18)26-13-8-14-31(2)3/h6-7,9-12,15-16,26H,8,13-14,25H2,1-5H3,(H2,27,28,29,30). The van der Waals surface area contributed by atoms with Crippen LogP contribution in [0.5, 0.6) is 0 Å². The van der Waals surface area contributed by atoms with E-state index in [9.17, 15) is 4.57 Å². The van der Waals surface area contributed by atoms with Crippen LogP contribution in [0.25, 0.3) is 0 Å². The fourth-order valence-corrected chi connectivity index (χ4v) is 4.51. The molecule has 3 rings (SSSR count). The molecular formula is C24H34N7OP. The summed E-state index contributed by atoms with van der Waals surface area (Å²) in [4.78, 5) is 11.2. The van der Waals surface area contributed by atoms with E-state index in [1.54, 1.807) is 19.5 Å². The number of aryl methyl sites for hydroxylation is 1. The Bertz CT molecular complexity index is 1140. The number of nitrogens with two attached hydrogens (primary N) is 1. The van der Waals surface area contributed by atoms with E-state index in [0.717, 1.165) is 47.4 Å². The highest BCUT2D eigenvalue weighted by Gasteiger charge is 2.16. The molecule has 0 unspecified atom stereocenters. The van der Waals surface area contributed by atoms with E-state index in [-0.39, 0.29) is 0 Å². The molecule has 3 aromatic rings. The van der Waals surface area contributed by atoms with Gasteiger partial charge < -0.3 is 31.1 Å². The number of rotatable bonds is 10. The first-order chi connectivity index (χ1) is 15.6. The number of anilines is 6. The number of hydrogen-bond acceptors (Lipinski definition) is 8. The van der Waals surface area contributed by atoms with Gasteiger partial charge >= 0.3 is 0 Å². The number of nitrogens with zero attached hydrogens (tertiary/aromatic N) is 3. The van der Waals surface area contributed by atoms with Crippen molar-refractivity contribution in [2.75, 3.05) is 62.2 Å². The van der Waals surface area contributed by atoms with E-state index in [0.29, 0.717) is 17.5 Å². The molecule has 2 aromatic carbocycles. The minimum Gasteiger partial charge on any atom is -0.397 e. The molecule has 0 bridgehead atoms. The molecule has 0 atom stereocenters. The van der Waals surface area contributed by atoms with Crippen molar-refractivity contribution in [1.29, 1.82) is 0 Å². The molecular weight excluding hydrogens is 433 g/mol. The Kier molecular flexibility index (Phi) is 7.95. The lowest BCUT2D eigenvalue weighted by Crippen LogP contribution is -2.16. The summed E-state index contributed by atoms with van der Waals surface area (Å²) in [6, 6.07) is 13.4. The summed E-state index contributed by atoms with van der Waals surface area (Å²) >= 11 is 0. The van der Waals surface area contributed by atoms with Gasteiger partial charge in [-0.3, -0.25) is 0 Å². The van der Waals surface area contributed by atoms with Gasteiger partial charge in [-0.05, 0) is 77.6 Å². The molecule has 33 heavy (non-hydrogen) atoms. The van der Waals surface area contributed by atoms with E-state index in [1.165, 1.54) is 0 Å². The molecule has 0 saturated heterocycles. The normalized spacial score (nSPS) is 11.5. The maximum absolute atomic E-state index is 12.7. The molecule has 8 nitrogen and oxygen atoms in total. The fraction of sp³-hybridized carbons (Fsp3) is 0.333. The van der Waals surface area contributed by atoms with Crippen LogP contribution < -0.4 is 27.0 Å². The Labute approximate surface area is 196 Å². The third kappa shape index (κ3) is 6.94. The maximum atomic E-state index is 12.7. The van der Waals surface area contributed by atoms with E-state index >= 15 is 0 Å². The smallest absolute Gasteiger partial charge is 0.229 e. The second-order valence-electron chi connectivity index (χ2n) is 8.73. The van der Waals surface area contributed by atoms with Crippen LogP contribution in [0.1, 0.15) is 12.0 Å². The Morgan fingerprint density at radius 3 is 2.52 bits per heavy atom. The highest BCUT2D eigenvalue weighted by atomic mass is 31.2. The van der Waals surface area contributed by atoms with E-state index in [2.05, 4.69) is 44.9 Å². The van der Waals surface area contributed by atoms with Gasteiger partial charge in [-0.2, -0.15) is 4.98 Å². The minimum absolute atomic E-state index is 0.447. The molecule has 0 amide bonds. The second-order valence-corrected chi connectivity index (χ2v) is 11.9. The van der Waals surface area contributed by atoms with Crippen molar-refractivity contribution in [3.8, 4) is 0 Å². The number of hydrogen-bond donors (Lipinski definition) is 4. The van der Waals surface area contributed by atoms with Crippen molar-refractivity contribution in [3.63, 3.8) is 0 Å². The average molecular weight is 468 g/mol. The van der Waals surface area contributed by atoms with Crippen LogP contribution in [0.15, 0.2) is 48.7 Å². The van der Waals surface area contributed by atoms with Crippen molar-refractivity contribution in [2.45, 2.75) is 13.3 Å². The highest BCUT2D eigenvalue weighted by Crippen LogP contribution is 2.38. The van der Waals surface area contributed by atoms with Crippen LogP contribution in [-0.4, -0.2) is 55.4 Å². The van der Waals surface area contributed by atoms with Gasteiger partial charge in [0.05, 0.1) is 17.1 Å². The molecule has 5 N–H and O–H groups in total. The van der Waals surface area contributed by atoms with Crippen molar-refractivity contribution < 1.29 is 4.57 Å². The van der Waals surface area contributed by atoms with Crippen molar-refractivity contribution in [1.82, 2.24) is 14.9 Å². The Morgan fingerprint density at radius 2 is 1.82 bits per heavy atom. The number of nitrogens with one attached hydrogen (secondary N) is 3. The van der Waals surface area contributed by atoms with Gasteiger partial charge in [0, 0.05) is 29.3 Å². The lowest BCUT2D eigenvalue weighted by atomic mass is 10.2. The van der Waals surface area contributed by atoms with Gasteiger partial charge in [-0.25, -0.2) is 4.98 Å². The molecule has 0 aliphatic rings. The van der Waals surface area contributed by atoms with Crippen molar-refractivity contribution in [3.05, 3.63) is 54.2 Å². The zero-order valence-corrected chi connectivity index (χ0v) is 20.9. The van der Waals surface area contributed by atoms with Crippen LogP contribution in [0.2, 0.25) is 0 Å². The van der Waals surface area contributed by atoms with Crippen molar-refractivity contribution >= 4 is 47.0 Å². The predicted octanol–water partition coefficient (Wildman–Crippen LogP) is 4.47. The molecule has 176 valence electrons.